The molecule has 1 aromatic heterocycles. The number of carbonyl (C=O) groups is 1. The van der Waals surface area contributed by atoms with Gasteiger partial charge in [0.25, 0.3) is 10.0 Å². The highest BCUT2D eigenvalue weighted by Crippen LogP contribution is 2.31. The van der Waals surface area contributed by atoms with E-state index in [2.05, 4.69) is 0 Å². The fourth-order valence-electron chi connectivity index (χ4n) is 3.00. The number of esters is 1. The smallest absolute Gasteiger partial charge is 0.340 e. The molecule has 0 unspecified atom stereocenters. The average Bonchev–Trinajstić information content (AvgIpc) is 3.03. The Kier molecular flexibility index (Phi) is 4.50. The molecule has 3 rings (SSSR count). The number of ether oxygens (including phenoxy) is 2. The summed E-state index contributed by atoms with van der Waals surface area (Å²) in [6.07, 6.45) is 1.31. The van der Waals surface area contributed by atoms with Crippen molar-refractivity contribution in [1.29, 1.82) is 0 Å². The van der Waals surface area contributed by atoms with Crippen molar-refractivity contribution in [3.63, 3.8) is 0 Å². The summed E-state index contributed by atoms with van der Waals surface area (Å²) in [6, 6.07) is 9.96. The Bertz CT molecular complexity index is 1110. The van der Waals surface area contributed by atoms with Gasteiger partial charge in [0.05, 0.1) is 30.2 Å². The van der Waals surface area contributed by atoms with Crippen molar-refractivity contribution in [2.75, 3.05) is 14.2 Å². The van der Waals surface area contributed by atoms with Crippen molar-refractivity contribution >= 4 is 26.9 Å². The highest BCUT2D eigenvalue weighted by atomic mass is 32.2. The molecule has 2 aromatic carbocycles. The lowest BCUT2D eigenvalue weighted by atomic mass is 10.1. The molecule has 26 heavy (non-hydrogen) atoms. The molecule has 6 nitrogen and oxygen atoms in total. The molecular formula is C19H19NO5S. The zero-order chi connectivity index (χ0) is 19.1. The van der Waals surface area contributed by atoms with Gasteiger partial charge in [-0.3, -0.25) is 0 Å². The zero-order valence-electron chi connectivity index (χ0n) is 14.9. The van der Waals surface area contributed by atoms with Crippen LogP contribution in [0.3, 0.4) is 0 Å². The standard InChI is InChI=1S/C19H19NO5S/c1-12-13(2)18(10-9-17(12)24-3)26(22,23)20-11-15(19(21)25-4)14-7-5-6-8-16(14)20/h5-11H,1-4H3. The third-order valence-corrected chi connectivity index (χ3v) is 6.35. The number of benzene rings is 2. The van der Waals surface area contributed by atoms with Gasteiger partial charge in [0, 0.05) is 11.6 Å². The summed E-state index contributed by atoms with van der Waals surface area (Å²) in [5.41, 5.74) is 1.97. The Hall–Kier alpha value is -2.80. The zero-order valence-corrected chi connectivity index (χ0v) is 15.8. The molecule has 0 aliphatic rings. The Morgan fingerprint density at radius 1 is 1.00 bits per heavy atom. The van der Waals surface area contributed by atoms with E-state index in [1.807, 2.05) is 0 Å². The van der Waals surface area contributed by atoms with Crippen LogP contribution in [0.15, 0.2) is 47.5 Å². The second-order valence-corrected chi connectivity index (χ2v) is 7.65. The normalized spacial score (nSPS) is 11.5. The van der Waals surface area contributed by atoms with Crippen LogP contribution in [0.1, 0.15) is 21.5 Å². The second kappa shape index (κ2) is 6.49. The van der Waals surface area contributed by atoms with Gasteiger partial charge in [-0.25, -0.2) is 17.2 Å². The first-order valence-electron chi connectivity index (χ1n) is 7.91. The fraction of sp³-hybridized carbons (Fsp3) is 0.211. The molecule has 0 spiro atoms. The van der Waals surface area contributed by atoms with Crippen LogP contribution >= 0.6 is 0 Å². The Morgan fingerprint density at radius 3 is 2.35 bits per heavy atom. The van der Waals surface area contributed by atoms with E-state index >= 15 is 0 Å². The summed E-state index contributed by atoms with van der Waals surface area (Å²) in [4.78, 5) is 12.2. The number of rotatable bonds is 4. The molecule has 1 heterocycles. The van der Waals surface area contributed by atoms with E-state index in [-0.39, 0.29) is 10.5 Å². The fourth-order valence-corrected chi connectivity index (χ4v) is 4.65. The third kappa shape index (κ3) is 2.64. The molecule has 0 bridgehead atoms. The number of fused-ring (bicyclic) bond motifs is 1. The molecule has 0 aliphatic heterocycles. The summed E-state index contributed by atoms with van der Waals surface area (Å²) in [6.45, 7) is 3.54. The van der Waals surface area contributed by atoms with Gasteiger partial charge in [0.15, 0.2) is 0 Å². The summed E-state index contributed by atoms with van der Waals surface area (Å²) in [5, 5.41) is 0.519. The van der Waals surface area contributed by atoms with E-state index in [1.54, 1.807) is 44.2 Å². The van der Waals surface area contributed by atoms with Crippen molar-refractivity contribution in [3.05, 3.63) is 59.3 Å². The number of methoxy groups -OCH3 is 2. The molecule has 0 N–H and O–H groups in total. The van der Waals surface area contributed by atoms with Gasteiger partial charge in [0.2, 0.25) is 0 Å². The van der Waals surface area contributed by atoms with Gasteiger partial charge in [-0.1, -0.05) is 18.2 Å². The lowest BCUT2D eigenvalue weighted by Gasteiger charge is -2.14. The molecule has 0 aliphatic carbocycles. The molecule has 0 fully saturated rings. The first kappa shape index (κ1) is 18.0. The maximum Gasteiger partial charge on any atom is 0.340 e. The number of aromatic nitrogens is 1. The van der Waals surface area contributed by atoms with Crippen LogP contribution < -0.4 is 4.74 Å². The molecule has 7 heteroatoms. The largest absolute Gasteiger partial charge is 0.496 e. The van der Waals surface area contributed by atoms with Crippen LogP contribution in [0, 0.1) is 13.8 Å². The topological polar surface area (TPSA) is 74.6 Å². The molecular weight excluding hydrogens is 354 g/mol. The number of para-hydroxylation sites is 1. The minimum Gasteiger partial charge on any atom is -0.496 e. The van der Waals surface area contributed by atoms with Crippen molar-refractivity contribution in [1.82, 2.24) is 3.97 Å². The Labute approximate surface area is 152 Å². The van der Waals surface area contributed by atoms with Crippen LogP contribution in [0.2, 0.25) is 0 Å². The molecule has 3 aromatic rings. The van der Waals surface area contributed by atoms with Crippen molar-refractivity contribution < 1.29 is 22.7 Å². The maximum absolute atomic E-state index is 13.3. The van der Waals surface area contributed by atoms with Gasteiger partial charge in [-0.05, 0) is 43.2 Å². The average molecular weight is 373 g/mol. The minimum atomic E-state index is -3.91. The molecule has 136 valence electrons. The maximum atomic E-state index is 13.3. The van der Waals surface area contributed by atoms with E-state index in [0.717, 1.165) is 9.54 Å². The molecule has 0 radical (unpaired) electrons. The van der Waals surface area contributed by atoms with Crippen molar-refractivity contribution in [2.24, 2.45) is 0 Å². The number of hydrogen-bond donors (Lipinski definition) is 0. The third-order valence-electron chi connectivity index (χ3n) is 4.53. The van der Waals surface area contributed by atoms with Crippen LogP contribution in [0.5, 0.6) is 5.75 Å². The van der Waals surface area contributed by atoms with Crippen LogP contribution in [-0.2, 0) is 14.8 Å². The second-order valence-electron chi connectivity index (χ2n) is 5.87. The summed E-state index contributed by atoms with van der Waals surface area (Å²) in [7, 11) is -1.11. The highest BCUT2D eigenvalue weighted by molar-refractivity contribution is 7.90. The van der Waals surface area contributed by atoms with E-state index in [4.69, 9.17) is 9.47 Å². The van der Waals surface area contributed by atoms with Crippen molar-refractivity contribution in [3.8, 4) is 5.75 Å². The van der Waals surface area contributed by atoms with Crippen molar-refractivity contribution in [2.45, 2.75) is 18.7 Å². The first-order valence-corrected chi connectivity index (χ1v) is 9.35. The van der Waals surface area contributed by atoms with Crippen LogP contribution in [0.25, 0.3) is 10.9 Å². The van der Waals surface area contributed by atoms with E-state index in [1.165, 1.54) is 26.5 Å². The predicted molar refractivity (Wildman–Crippen MR) is 98.3 cm³/mol. The van der Waals surface area contributed by atoms with Crippen LogP contribution in [0.4, 0.5) is 0 Å². The minimum absolute atomic E-state index is 0.160. The summed E-state index contributed by atoms with van der Waals surface area (Å²) in [5.74, 6) is 0.0341. The number of nitrogens with zero attached hydrogens (tertiary/aromatic N) is 1. The SMILES string of the molecule is COC(=O)c1cn(S(=O)(=O)c2ccc(OC)c(C)c2C)c2ccccc12. The molecule has 0 amide bonds. The van der Waals surface area contributed by atoms with E-state index in [9.17, 15) is 13.2 Å². The van der Waals surface area contributed by atoms with Gasteiger partial charge >= 0.3 is 5.97 Å². The first-order chi connectivity index (χ1) is 12.3. The molecule has 0 atom stereocenters. The van der Waals surface area contributed by atoms with E-state index < -0.39 is 16.0 Å². The summed E-state index contributed by atoms with van der Waals surface area (Å²) >= 11 is 0. The quantitative estimate of drug-likeness (QED) is 0.656. The monoisotopic (exact) mass is 373 g/mol. The molecule has 0 saturated heterocycles. The lowest BCUT2D eigenvalue weighted by Crippen LogP contribution is -2.14. The van der Waals surface area contributed by atoms with Gasteiger partial charge in [0.1, 0.15) is 5.75 Å². The van der Waals surface area contributed by atoms with E-state index in [0.29, 0.717) is 22.2 Å². The molecule has 0 saturated carbocycles. The van der Waals surface area contributed by atoms with Gasteiger partial charge in [-0.2, -0.15) is 0 Å². The Morgan fingerprint density at radius 2 is 1.69 bits per heavy atom. The van der Waals surface area contributed by atoms with Crippen LogP contribution in [-0.4, -0.2) is 32.6 Å². The Balaban J connectivity index is 2.30. The summed E-state index contributed by atoms with van der Waals surface area (Å²) < 4.78 is 37.8. The highest BCUT2D eigenvalue weighted by Gasteiger charge is 2.26. The number of hydrogen-bond acceptors (Lipinski definition) is 5. The van der Waals surface area contributed by atoms with Gasteiger partial charge in [-0.15, -0.1) is 0 Å². The predicted octanol–water partition coefficient (Wildman–Crippen LogP) is 3.29. The number of carbonyl (C=O) groups excluding carboxylic acids is 1. The van der Waals surface area contributed by atoms with Gasteiger partial charge < -0.3 is 9.47 Å². The lowest BCUT2D eigenvalue weighted by molar-refractivity contribution is 0.0603.